The number of ether oxygens (including phenoxy) is 1. The van der Waals surface area contributed by atoms with Gasteiger partial charge in [0.25, 0.3) is 0 Å². The van der Waals surface area contributed by atoms with Gasteiger partial charge < -0.3 is 9.64 Å². The lowest BCUT2D eigenvalue weighted by molar-refractivity contribution is 0.190. The lowest BCUT2D eigenvalue weighted by Crippen LogP contribution is -2.34. The fraction of sp³-hybridized carbons (Fsp3) is 0.478. The van der Waals surface area contributed by atoms with Crippen molar-refractivity contribution in [3.05, 3.63) is 65.7 Å². The molecule has 2 aromatic carbocycles. The van der Waals surface area contributed by atoms with Crippen LogP contribution in [0.5, 0.6) is 5.75 Å². The smallest absolute Gasteiger partial charge is 0.119 e. The summed E-state index contributed by atoms with van der Waals surface area (Å²) >= 11 is 0. The maximum atomic E-state index is 5.81. The van der Waals surface area contributed by atoms with Gasteiger partial charge in [0.05, 0.1) is 0 Å². The molecule has 134 valence electrons. The highest BCUT2D eigenvalue weighted by Gasteiger charge is 2.17. The molecule has 0 atom stereocenters. The maximum absolute atomic E-state index is 5.81. The number of rotatable bonds is 8. The van der Waals surface area contributed by atoms with E-state index in [1.165, 1.54) is 56.2 Å². The number of hydrogen-bond donors (Lipinski definition) is 0. The Hall–Kier alpha value is -1.80. The number of aryl methyl sites for hydroxylation is 1. The fourth-order valence-corrected chi connectivity index (χ4v) is 3.72. The second-order valence-electron chi connectivity index (χ2n) is 7.29. The van der Waals surface area contributed by atoms with Gasteiger partial charge in [-0.15, -0.1) is 0 Å². The van der Waals surface area contributed by atoms with Gasteiger partial charge in [-0.25, -0.2) is 0 Å². The predicted molar refractivity (Wildman–Crippen MR) is 105 cm³/mol. The first kappa shape index (κ1) is 18.0. The Morgan fingerprint density at radius 1 is 0.880 bits per heavy atom. The van der Waals surface area contributed by atoms with Crippen molar-refractivity contribution in [2.45, 2.75) is 57.6 Å². The molecule has 0 radical (unpaired) electrons. The summed E-state index contributed by atoms with van der Waals surface area (Å²) in [7, 11) is 2.31. The van der Waals surface area contributed by atoms with E-state index in [1.54, 1.807) is 0 Å². The molecule has 1 fully saturated rings. The summed E-state index contributed by atoms with van der Waals surface area (Å²) in [5.74, 6) is 0.928. The number of nitrogens with zero attached hydrogens (tertiary/aromatic N) is 1. The van der Waals surface area contributed by atoms with E-state index in [0.717, 1.165) is 18.2 Å². The van der Waals surface area contributed by atoms with Gasteiger partial charge in [-0.2, -0.15) is 0 Å². The molecule has 1 aliphatic carbocycles. The third kappa shape index (κ3) is 5.89. The maximum Gasteiger partial charge on any atom is 0.119 e. The van der Waals surface area contributed by atoms with E-state index in [9.17, 15) is 0 Å². The largest absolute Gasteiger partial charge is 0.489 e. The molecule has 0 aromatic heterocycles. The standard InChI is InChI=1S/C23H31NO/c1-24(22-10-4-2-5-11-22)18-8-9-20-14-16-21(17-15-20)19-25-23-12-6-3-7-13-23/h3,6-7,12-17,22H,2,4-5,8-11,18-19H2,1H3. The van der Waals surface area contributed by atoms with Crippen molar-refractivity contribution in [1.29, 1.82) is 0 Å². The van der Waals surface area contributed by atoms with Gasteiger partial charge in [-0.05, 0) is 62.5 Å². The third-order valence-corrected chi connectivity index (χ3v) is 5.35. The highest BCUT2D eigenvalue weighted by atomic mass is 16.5. The molecule has 0 aliphatic heterocycles. The lowest BCUT2D eigenvalue weighted by Gasteiger charge is -2.31. The molecule has 0 bridgehead atoms. The first-order chi connectivity index (χ1) is 12.3. The Labute approximate surface area is 152 Å². The minimum atomic E-state index is 0.634. The van der Waals surface area contributed by atoms with Crippen LogP contribution >= 0.6 is 0 Å². The molecule has 3 rings (SSSR count). The summed E-state index contributed by atoms with van der Waals surface area (Å²) in [6.45, 7) is 1.85. The number of benzene rings is 2. The summed E-state index contributed by atoms with van der Waals surface area (Å²) in [6, 6.07) is 19.7. The number of para-hydroxylation sites is 1. The topological polar surface area (TPSA) is 12.5 Å². The molecule has 0 saturated heterocycles. The molecule has 2 nitrogen and oxygen atoms in total. The van der Waals surface area contributed by atoms with E-state index in [4.69, 9.17) is 4.74 Å². The van der Waals surface area contributed by atoms with Gasteiger partial charge in [0.15, 0.2) is 0 Å². The Morgan fingerprint density at radius 2 is 1.56 bits per heavy atom. The predicted octanol–water partition coefficient (Wildman–Crippen LogP) is 5.46. The van der Waals surface area contributed by atoms with Gasteiger partial charge in [0.2, 0.25) is 0 Å². The first-order valence-corrected chi connectivity index (χ1v) is 9.77. The number of hydrogen-bond acceptors (Lipinski definition) is 2. The molecular weight excluding hydrogens is 306 g/mol. The Morgan fingerprint density at radius 3 is 2.28 bits per heavy atom. The summed E-state index contributed by atoms with van der Waals surface area (Å²) < 4.78 is 5.81. The van der Waals surface area contributed by atoms with Crippen LogP contribution < -0.4 is 4.74 Å². The monoisotopic (exact) mass is 337 g/mol. The van der Waals surface area contributed by atoms with Crippen molar-refractivity contribution in [3.8, 4) is 5.75 Å². The van der Waals surface area contributed by atoms with Crippen molar-refractivity contribution in [2.24, 2.45) is 0 Å². The minimum absolute atomic E-state index is 0.634. The van der Waals surface area contributed by atoms with Crippen LogP contribution in [0.25, 0.3) is 0 Å². The second-order valence-corrected chi connectivity index (χ2v) is 7.29. The minimum Gasteiger partial charge on any atom is -0.489 e. The molecule has 0 heterocycles. The molecule has 2 heteroatoms. The average molecular weight is 338 g/mol. The van der Waals surface area contributed by atoms with Gasteiger partial charge in [0.1, 0.15) is 12.4 Å². The van der Waals surface area contributed by atoms with E-state index in [0.29, 0.717) is 6.61 Å². The van der Waals surface area contributed by atoms with E-state index in [1.807, 2.05) is 30.3 Å². The summed E-state index contributed by atoms with van der Waals surface area (Å²) in [6.07, 6.45) is 9.47. The zero-order chi connectivity index (χ0) is 17.3. The molecule has 25 heavy (non-hydrogen) atoms. The van der Waals surface area contributed by atoms with Crippen LogP contribution in [0.1, 0.15) is 49.7 Å². The average Bonchev–Trinajstić information content (AvgIpc) is 2.69. The van der Waals surface area contributed by atoms with Gasteiger partial charge in [0, 0.05) is 6.04 Å². The molecule has 1 saturated carbocycles. The molecule has 0 unspecified atom stereocenters. The van der Waals surface area contributed by atoms with Crippen LogP contribution in [-0.2, 0) is 13.0 Å². The Bertz CT molecular complexity index is 602. The van der Waals surface area contributed by atoms with E-state index in [-0.39, 0.29) is 0 Å². The van der Waals surface area contributed by atoms with Crippen LogP contribution in [0.4, 0.5) is 0 Å². The molecule has 0 N–H and O–H groups in total. The normalized spacial score (nSPS) is 15.4. The molecule has 0 amide bonds. The van der Waals surface area contributed by atoms with Gasteiger partial charge in [-0.1, -0.05) is 61.7 Å². The van der Waals surface area contributed by atoms with E-state index < -0.39 is 0 Å². The van der Waals surface area contributed by atoms with Crippen molar-refractivity contribution >= 4 is 0 Å². The quantitative estimate of drug-likeness (QED) is 0.634. The van der Waals surface area contributed by atoms with Crippen molar-refractivity contribution in [3.63, 3.8) is 0 Å². The first-order valence-electron chi connectivity index (χ1n) is 9.77. The fourth-order valence-electron chi connectivity index (χ4n) is 3.72. The third-order valence-electron chi connectivity index (χ3n) is 5.35. The van der Waals surface area contributed by atoms with Crippen molar-refractivity contribution in [1.82, 2.24) is 4.90 Å². The van der Waals surface area contributed by atoms with Crippen LogP contribution in [0.3, 0.4) is 0 Å². The van der Waals surface area contributed by atoms with Crippen molar-refractivity contribution < 1.29 is 4.74 Å². The molecular formula is C23H31NO. The van der Waals surface area contributed by atoms with Crippen LogP contribution in [-0.4, -0.2) is 24.5 Å². The highest BCUT2D eigenvalue weighted by molar-refractivity contribution is 5.24. The highest BCUT2D eigenvalue weighted by Crippen LogP contribution is 2.22. The van der Waals surface area contributed by atoms with E-state index >= 15 is 0 Å². The summed E-state index contributed by atoms with van der Waals surface area (Å²) in [5.41, 5.74) is 2.66. The van der Waals surface area contributed by atoms with Gasteiger partial charge in [-0.3, -0.25) is 0 Å². The van der Waals surface area contributed by atoms with Crippen LogP contribution in [0.15, 0.2) is 54.6 Å². The van der Waals surface area contributed by atoms with Crippen LogP contribution in [0.2, 0.25) is 0 Å². The Balaban J connectivity index is 1.38. The zero-order valence-electron chi connectivity index (χ0n) is 15.5. The van der Waals surface area contributed by atoms with E-state index in [2.05, 4.69) is 36.2 Å². The van der Waals surface area contributed by atoms with Gasteiger partial charge >= 0.3 is 0 Å². The summed E-state index contributed by atoms with van der Waals surface area (Å²) in [4.78, 5) is 2.58. The molecule has 0 spiro atoms. The van der Waals surface area contributed by atoms with Crippen molar-refractivity contribution in [2.75, 3.05) is 13.6 Å². The molecule has 2 aromatic rings. The molecule has 1 aliphatic rings. The zero-order valence-corrected chi connectivity index (χ0v) is 15.5. The summed E-state index contributed by atoms with van der Waals surface area (Å²) in [5, 5.41) is 0. The lowest BCUT2D eigenvalue weighted by atomic mass is 9.94. The SMILES string of the molecule is CN(CCCc1ccc(COc2ccccc2)cc1)C1CCCCC1. The van der Waals surface area contributed by atoms with Crippen LogP contribution in [0, 0.1) is 0 Å². The Kier molecular flexibility index (Phi) is 6.93. The second kappa shape index (κ2) is 9.62.